The van der Waals surface area contributed by atoms with Crippen LogP contribution in [0.4, 0.5) is 0 Å². The standard InChI is InChI=1S/C9H16O2/c1-7(6-10)2-5-9(11)8-3-4-8/h7-8,10H,2-6H2,1H3. The zero-order valence-corrected chi connectivity index (χ0v) is 7.05. The van der Waals surface area contributed by atoms with Gasteiger partial charge in [-0.15, -0.1) is 0 Å². The first-order valence-corrected chi connectivity index (χ1v) is 4.37. The zero-order chi connectivity index (χ0) is 8.27. The third-order valence-electron chi connectivity index (χ3n) is 2.23. The Labute approximate surface area is 67.6 Å². The third-order valence-corrected chi connectivity index (χ3v) is 2.23. The van der Waals surface area contributed by atoms with Gasteiger partial charge in [-0.25, -0.2) is 0 Å². The van der Waals surface area contributed by atoms with E-state index in [2.05, 4.69) is 0 Å². The molecule has 0 aliphatic heterocycles. The van der Waals surface area contributed by atoms with Crippen molar-refractivity contribution in [2.45, 2.75) is 32.6 Å². The maximum atomic E-state index is 11.1. The maximum absolute atomic E-state index is 11.1. The highest BCUT2D eigenvalue weighted by Crippen LogP contribution is 2.31. The Kier molecular flexibility index (Phi) is 3.06. The molecule has 0 heterocycles. The van der Waals surface area contributed by atoms with Crippen LogP contribution in [0.3, 0.4) is 0 Å². The highest BCUT2D eigenvalue weighted by atomic mass is 16.3. The summed E-state index contributed by atoms with van der Waals surface area (Å²) in [6.07, 6.45) is 3.73. The molecule has 0 aromatic rings. The van der Waals surface area contributed by atoms with Gasteiger partial charge in [0.1, 0.15) is 5.78 Å². The summed E-state index contributed by atoms with van der Waals surface area (Å²) in [5, 5.41) is 8.69. The van der Waals surface area contributed by atoms with E-state index in [1.165, 1.54) is 0 Å². The molecule has 1 rings (SSSR count). The lowest BCUT2D eigenvalue weighted by Crippen LogP contribution is -2.06. The van der Waals surface area contributed by atoms with E-state index in [0.29, 0.717) is 18.1 Å². The van der Waals surface area contributed by atoms with Crippen molar-refractivity contribution in [1.29, 1.82) is 0 Å². The molecule has 0 aromatic heterocycles. The molecule has 1 aliphatic rings. The topological polar surface area (TPSA) is 37.3 Å². The second kappa shape index (κ2) is 3.86. The summed E-state index contributed by atoms with van der Waals surface area (Å²) in [6, 6.07) is 0. The van der Waals surface area contributed by atoms with Crippen molar-refractivity contribution in [3.05, 3.63) is 0 Å². The molecule has 1 aliphatic carbocycles. The molecule has 0 amide bonds. The monoisotopic (exact) mass is 156 g/mol. The molecular weight excluding hydrogens is 140 g/mol. The predicted molar refractivity (Wildman–Crippen MR) is 43.2 cm³/mol. The first-order valence-electron chi connectivity index (χ1n) is 4.37. The molecule has 0 spiro atoms. The van der Waals surface area contributed by atoms with Crippen LogP contribution in [0.1, 0.15) is 32.6 Å². The Morgan fingerprint density at radius 3 is 2.73 bits per heavy atom. The largest absolute Gasteiger partial charge is 0.396 e. The van der Waals surface area contributed by atoms with E-state index < -0.39 is 0 Å². The van der Waals surface area contributed by atoms with Crippen LogP contribution in [0.25, 0.3) is 0 Å². The molecule has 0 saturated heterocycles. The summed E-state index contributed by atoms with van der Waals surface area (Å²) in [5.41, 5.74) is 0. The van der Waals surface area contributed by atoms with Gasteiger partial charge in [0.2, 0.25) is 0 Å². The van der Waals surface area contributed by atoms with E-state index >= 15 is 0 Å². The van der Waals surface area contributed by atoms with Crippen molar-refractivity contribution in [3.63, 3.8) is 0 Å². The van der Waals surface area contributed by atoms with Crippen LogP contribution in [0, 0.1) is 11.8 Å². The van der Waals surface area contributed by atoms with Gasteiger partial charge in [0.05, 0.1) is 0 Å². The van der Waals surface area contributed by atoms with Gasteiger partial charge in [-0.2, -0.15) is 0 Å². The van der Waals surface area contributed by atoms with Gasteiger partial charge < -0.3 is 5.11 Å². The smallest absolute Gasteiger partial charge is 0.135 e. The molecule has 1 saturated carbocycles. The molecular formula is C9H16O2. The number of rotatable bonds is 5. The molecule has 1 unspecified atom stereocenters. The van der Waals surface area contributed by atoms with Crippen LogP contribution in [-0.4, -0.2) is 17.5 Å². The number of carbonyl (C=O) groups is 1. The van der Waals surface area contributed by atoms with E-state index in [-0.39, 0.29) is 12.5 Å². The van der Waals surface area contributed by atoms with E-state index in [4.69, 9.17) is 5.11 Å². The normalized spacial score (nSPS) is 19.8. The van der Waals surface area contributed by atoms with Crippen molar-refractivity contribution in [3.8, 4) is 0 Å². The minimum atomic E-state index is 0.206. The first kappa shape index (κ1) is 8.72. The van der Waals surface area contributed by atoms with Crippen LogP contribution in [0.5, 0.6) is 0 Å². The Morgan fingerprint density at radius 2 is 2.27 bits per heavy atom. The quantitative estimate of drug-likeness (QED) is 0.652. The molecule has 2 heteroatoms. The van der Waals surface area contributed by atoms with Gasteiger partial charge in [0.15, 0.2) is 0 Å². The fourth-order valence-corrected chi connectivity index (χ4v) is 1.09. The number of hydrogen-bond acceptors (Lipinski definition) is 2. The molecule has 0 aromatic carbocycles. The van der Waals surface area contributed by atoms with Gasteiger partial charge in [0, 0.05) is 18.9 Å². The number of hydrogen-bond donors (Lipinski definition) is 1. The van der Waals surface area contributed by atoms with Crippen LogP contribution in [0.2, 0.25) is 0 Å². The van der Waals surface area contributed by atoms with E-state index in [9.17, 15) is 4.79 Å². The van der Waals surface area contributed by atoms with E-state index in [0.717, 1.165) is 19.3 Å². The predicted octanol–water partition coefficient (Wildman–Crippen LogP) is 1.37. The van der Waals surface area contributed by atoms with Crippen LogP contribution < -0.4 is 0 Å². The Bertz CT molecular complexity index is 138. The molecule has 0 radical (unpaired) electrons. The fraction of sp³-hybridized carbons (Fsp3) is 0.889. The summed E-state index contributed by atoms with van der Waals surface area (Å²) in [7, 11) is 0. The van der Waals surface area contributed by atoms with E-state index in [1.807, 2.05) is 6.92 Å². The van der Waals surface area contributed by atoms with Crippen molar-refractivity contribution in [2.24, 2.45) is 11.8 Å². The summed E-state index contributed by atoms with van der Waals surface area (Å²) < 4.78 is 0. The molecule has 11 heavy (non-hydrogen) atoms. The van der Waals surface area contributed by atoms with Gasteiger partial charge in [-0.1, -0.05) is 6.92 Å². The molecule has 0 bridgehead atoms. The second-order valence-electron chi connectivity index (χ2n) is 3.57. The Hall–Kier alpha value is -0.370. The molecule has 64 valence electrons. The third kappa shape index (κ3) is 3.02. The summed E-state index contributed by atoms with van der Waals surface area (Å²) >= 11 is 0. The zero-order valence-electron chi connectivity index (χ0n) is 7.05. The number of carbonyl (C=O) groups excluding carboxylic acids is 1. The van der Waals surface area contributed by atoms with E-state index in [1.54, 1.807) is 0 Å². The lowest BCUT2D eigenvalue weighted by Gasteiger charge is -2.05. The van der Waals surface area contributed by atoms with Gasteiger partial charge >= 0.3 is 0 Å². The Balaban J connectivity index is 2.05. The van der Waals surface area contributed by atoms with Crippen molar-refractivity contribution >= 4 is 5.78 Å². The fourth-order valence-electron chi connectivity index (χ4n) is 1.09. The van der Waals surface area contributed by atoms with Crippen molar-refractivity contribution < 1.29 is 9.90 Å². The van der Waals surface area contributed by atoms with Gasteiger partial charge in [-0.3, -0.25) is 4.79 Å². The van der Waals surface area contributed by atoms with Crippen LogP contribution >= 0.6 is 0 Å². The number of Topliss-reactive ketones (excluding diaryl/α,β-unsaturated/α-hetero) is 1. The summed E-state index contributed by atoms with van der Waals surface area (Å²) in [4.78, 5) is 11.1. The van der Waals surface area contributed by atoms with Gasteiger partial charge in [-0.05, 0) is 25.2 Å². The molecule has 1 atom stereocenters. The maximum Gasteiger partial charge on any atom is 0.135 e. The summed E-state index contributed by atoms with van der Waals surface area (Å²) in [5.74, 6) is 1.09. The lowest BCUT2D eigenvalue weighted by molar-refractivity contribution is -0.120. The minimum Gasteiger partial charge on any atom is -0.396 e. The molecule has 2 nitrogen and oxygen atoms in total. The highest BCUT2D eigenvalue weighted by Gasteiger charge is 2.28. The van der Waals surface area contributed by atoms with Gasteiger partial charge in [0.25, 0.3) is 0 Å². The average molecular weight is 156 g/mol. The first-order chi connectivity index (χ1) is 5.24. The number of aliphatic hydroxyl groups is 1. The number of aliphatic hydroxyl groups excluding tert-OH is 1. The second-order valence-corrected chi connectivity index (χ2v) is 3.57. The van der Waals surface area contributed by atoms with Crippen LogP contribution in [0.15, 0.2) is 0 Å². The number of ketones is 1. The van der Waals surface area contributed by atoms with Crippen molar-refractivity contribution in [1.82, 2.24) is 0 Å². The minimum absolute atomic E-state index is 0.206. The molecule has 1 fully saturated rings. The van der Waals surface area contributed by atoms with Crippen LogP contribution in [-0.2, 0) is 4.79 Å². The molecule has 1 N–H and O–H groups in total. The lowest BCUT2D eigenvalue weighted by atomic mass is 10.0. The summed E-state index contributed by atoms with van der Waals surface area (Å²) in [6.45, 7) is 2.18. The Morgan fingerprint density at radius 1 is 1.64 bits per heavy atom. The van der Waals surface area contributed by atoms with Crippen molar-refractivity contribution in [2.75, 3.05) is 6.61 Å². The highest BCUT2D eigenvalue weighted by molar-refractivity contribution is 5.83. The average Bonchev–Trinajstić information content (AvgIpc) is 2.81. The SMILES string of the molecule is CC(CO)CCC(=O)C1CC1.